The number of pyridine rings is 1. The van der Waals surface area contributed by atoms with Gasteiger partial charge in [0.1, 0.15) is 10.5 Å². The first-order valence-corrected chi connectivity index (χ1v) is 13.7. The Kier molecular flexibility index (Phi) is 7.07. The van der Waals surface area contributed by atoms with Crippen LogP contribution >= 0.6 is 11.3 Å². The van der Waals surface area contributed by atoms with Crippen molar-refractivity contribution < 1.29 is 9.59 Å². The molecule has 0 spiro atoms. The largest absolute Gasteiger partial charge is 0.343 e. The van der Waals surface area contributed by atoms with Crippen LogP contribution in [-0.2, 0) is 19.9 Å². The number of rotatable bonds is 6. The summed E-state index contributed by atoms with van der Waals surface area (Å²) in [4.78, 5) is 36.3. The fourth-order valence-electron chi connectivity index (χ4n) is 5.04. The number of benzene rings is 1. The zero-order valence-corrected chi connectivity index (χ0v) is 23.1. The topological polar surface area (TPSA) is 115 Å². The van der Waals surface area contributed by atoms with Gasteiger partial charge >= 0.3 is 0 Å². The van der Waals surface area contributed by atoms with Gasteiger partial charge in [0.15, 0.2) is 0 Å². The lowest BCUT2D eigenvalue weighted by Crippen LogP contribution is -2.33. The first kappa shape index (κ1) is 26.1. The third kappa shape index (κ3) is 5.49. The van der Waals surface area contributed by atoms with E-state index in [1.807, 2.05) is 31.3 Å². The number of hydrogen-bond acceptors (Lipinski definition) is 6. The van der Waals surface area contributed by atoms with Crippen LogP contribution in [0.25, 0.3) is 10.2 Å². The van der Waals surface area contributed by atoms with Gasteiger partial charge in [-0.15, -0.1) is 11.3 Å². The number of nitrogens with zero attached hydrogens (tertiary/aromatic N) is 3. The normalized spacial score (nSPS) is 16.2. The van der Waals surface area contributed by atoms with E-state index >= 15 is 0 Å². The van der Waals surface area contributed by atoms with Gasteiger partial charge in [0.25, 0.3) is 11.8 Å². The van der Waals surface area contributed by atoms with Gasteiger partial charge in [0, 0.05) is 36.6 Å². The van der Waals surface area contributed by atoms with E-state index < -0.39 is 6.04 Å². The van der Waals surface area contributed by atoms with Crippen LogP contribution < -0.4 is 16.4 Å². The molecule has 0 saturated heterocycles. The number of aryl methyl sites for hydroxylation is 2. The molecule has 3 aromatic heterocycles. The number of anilines is 1. The highest BCUT2D eigenvalue weighted by Gasteiger charge is 2.30. The van der Waals surface area contributed by atoms with Crippen molar-refractivity contribution in [3.8, 4) is 0 Å². The summed E-state index contributed by atoms with van der Waals surface area (Å²) < 4.78 is 1.71. The fourth-order valence-corrected chi connectivity index (χ4v) is 5.98. The molecule has 3 heterocycles. The minimum absolute atomic E-state index is 0.183. The van der Waals surface area contributed by atoms with E-state index in [0.29, 0.717) is 22.2 Å². The number of carbonyl (C=O) groups is 2. The molecule has 0 bridgehead atoms. The van der Waals surface area contributed by atoms with Crippen molar-refractivity contribution in [2.24, 2.45) is 24.1 Å². The van der Waals surface area contributed by atoms with Crippen LogP contribution in [0.3, 0.4) is 0 Å². The number of thiophene rings is 1. The van der Waals surface area contributed by atoms with Crippen molar-refractivity contribution in [3.63, 3.8) is 0 Å². The summed E-state index contributed by atoms with van der Waals surface area (Å²) in [6.07, 6.45) is 6.39. The molecule has 9 heteroatoms. The van der Waals surface area contributed by atoms with Crippen LogP contribution in [0.1, 0.15) is 70.2 Å². The molecular formula is C29H34N6O2S. The second kappa shape index (κ2) is 10.3. The molecule has 38 heavy (non-hydrogen) atoms. The number of nitrogens with one attached hydrogen (secondary N) is 2. The van der Waals surface area contributed by atoms with E-state index in [-0.39, 0.29) is 23.8 Å². The van der Waals surface area contributed by atoms with E-state index in [4.69, 9.17) is 10.7 Å². The first-order chi connectivity index (χ1) is 18.1. The number of imidazole rings is 1. The van der Waals surface area contributed by atoms with Gasteiger partial charge in [-0.05, 0) is 66.0 Å². The summed E-state index contributed by atoms with van der Waals surface area (Å²) in [6.45, 7) is 7.13. The van der Waals surface area contributed by atoms with Crippen LogP contribution in [0.5, 0.6) is 0 Å². The Morgan fingerprint density at radius 2 is 2.03 bits per heavy atom. The monoisotopic (exact) mass is 530 g/mol. The van der Waals surface area contributed by atoms with Crippen LogP contribution in [-0.4, -0.2) is 32.9 Å². The third-order valence-corrected chi connectivity index (χ3v) is 8.39. The number of aromatic nitrogens is 3. The Morgan fingerprint density at radius 1 is 1.21 bits per heavy atom. The summed E-state index contributed by atoms with van der Waals surface area (Å²) in [5.41, 5.74) is 10.5. The molecule has 0 fully saturated rings. The van der Waals surface area contributed by atoms with Gasteiger partial charge in [-0.1, -0.05) is 32.9 Å². The van der Waals surface area contributed by atoms with Crippen LogP contribution in [0.15, 0.2) is 48.9 Å². The highest BCUT2D eigenvalue weighted by atomic mass is 32.1. The minimum Gasteiger partial charge on any atom is -0.343 e. The minimum atomic E-state index is -0.409. The van der Waals surface area contributed by atoms with Crippen molar-refractivity contribution in [1.82, 2.24) is 19.9 Å². The number of nitrogens with two attached hydrogens (primary N) is 1. The average molecular weight is 531 g/mol. The molecule has 0 unspecified atom stereocenters. The van der Waals surface area contributed by atoms with E-state index in [9.17, 15) is 9.59 Å². The quantitative estimate of drug-likeness (QED) is 0.329. The summed E-state index contributed by atoms with van der Waals surface area (Å²) in [5, 5.41) is 6.93. The Labute approximate surface area is 226 Å². The summed E-state index contributed by atoms with van der Waals surface area (Å²) >= 11 is 1.41. The SMILES string of the molecule is Cn1cnc(C(=O)Nc2cccc([C@@H](CN)NC(=O)c3cc4cc5c(nc4s3)CC[C@@H](C(C)(C)C)C5)c2)c1. The fraction of sp³-hybridized carbons (Fsp3) is 0.379. The Hall–Kier alpha value is -3.56. The lowest BCUT2D eigenvalue weighted by molar-refractivity contribution is 0.0941. The van der Waals surface area contributed by atoms with Gasteiger partial charge in [-0.2, -0.15) is 0 Å². The molecule has 1 aliphatic carbocycles. The Bertz CT molecular complexity index is 1500. The zero-order valence-electron chi connectivity index (χ0n) is 22.2. The molecule has 4 N–H and O–H groups in total. The number of carbonyl (C=O) groups excluding carboxylic acids is 2. The Balaban J connectivity index is 1.31. The lowest BCUT2D eigenvalue weighted by Gasteiger charge is -2.34. The zero-order chi connectivity index (χ0) is 27.0. The maximum atomic E-state index is 13.2. The maximum Gasteiger partial charge on any atom is 0.275 e. The van der Waals surface area contributed by atoms with Gasteiger partial charge in [0.05, 0.1) is 17.2 Å². The second-order valence-electron chi connectivity index (χ2n) is 11.2. The molecule has 1 aliphatic rings. The summed E-state index contributed by atoms with van der Waals surface area (Å²) in [6, 6.07) is 11.1. The molecule has 0 aliphatic heterocycles. The van der Waals surface area contributed by atoms with E-state index in [1.54, 1.807) is 23.2 Å². The predicted molar refractivity (Wildman–Crippen MR) is 151 cm³/mol. The standard InChI is InChI=1S/C29H34N6O2S/c1-29(2,3)20-8-9-22-18(11-20)10-19-13-25(38-28(19)34-22)27(37)33-23(14-30)17-6-5-7-21(12-17)32-26(36)24-15-35(4)16-31-24/h5-7,10,12-13,15-16,20,23H,8-9,11,14,30H2,1-4H3,(H,32,36)(H,33,37)/t20-,23-/m1/s1. The van der Waals surface area contributed by atoms with E-state index in [1.165, 1.54) is 16.9 Å². The Morgan fingerprint density at radius 3 is 2.74 bits per heavy atom. The molecule has 2 amide bonds. The molecule has 198 valence electrons. The van der Waals surface area contributed by atoms with Crippen molar-refractivity contribution in [2.75, 3.05) is 11.9 Å². The third-order valence-electron chi connectivity index (χ3n) is 7.35. The van der Waals surface area contributed by atoms with Crippen molar-refractivity contribution in [3.05, 3.63) is 76.3 Å². The van der Waals surface area contributed by atoms with Gasteiger partial charge < -0.3 is 20.9 Å². The van der Waals surface area contributed by atoms with Crippen LogP contribution in [0.2, 0.25) is 0 Å². The molecule has 2 atom stereocenters. The smallest absolute Gasteiger partial charge is 0.275 e. The summed E-state index contributed by atoms with van der Waals surface area (Å²) in [7, 11) is 1.81. The summed E-state index contributed by atoms with van der Waals surface area (Å²) in [5.74, 6) is 0.146. The van der Waals surface area contributed by atoms with Crippen LogP contribution in [0.4, 0.5) is 5.69 Å². The van der Waals surface area contributed by atoms with Crippen LogP contribution in [0, 0.1) is 11.3 Å². The molecule has 0 saturated carbocycles. The number of amides is 2. The maximum absolute atomic E-state index is 13.2. The second-order valence-corrected chi connectivity index (χ2v) is 12.2. The van der Waals surface area contributed by atoms with Gasteiger partial charge in [-0.25, -0.2) is 9.97 Å². The average Bonchev–Trinajstić information content (AvgIpc) is 3.51. The lowest BCUT2D eigenvalue weighted by atomic mass is 9.71. The molecule has 5 rings (SSSR count). The molecule has 0 radical (unpaired) electrons. The molecular weight excluding hydrogens is 496 g/mol. The molecule has 8 nitrogen and oxygen atoms in total. The highest BCUT2D eigenvalue weighted by Crippen LogP contribution is 2.38. The van der Waals surface area contributed by atoms with Gasteiger partial charge in [0.2, 0.25) is 0 Å². The predicted octanol–water partition coefficient (Wildman–Crippen LogP) is 4.86. The van der Waals surface area contributed by atoms with E-state index in [2.05, 4.69) is 42.5 Å². The highest BCUT2D eigenvalue weighted by molar-refractivity contribution is 7.20. The first-order valence-electron chi connectivity index (χ1n) is 12.9. The number of fused-ring (bicyclic) bond motifs is 2. The van der Waals surface area contributed by atoms with Gasteiger partial charge in [-0.3, -0.25) is 9.59 Å². The molecule has 4 aromatic rings. The van der Waals surface area contributed by atoms with Crippen molar-refractivity contribution in [1.29, 1.82) is 0 Å². The molecule has 1 aromatic carbocycles. The van der Waals surface area contributed by atoms with Crippen molar-refractivity contribution >= 4 is 39.1 Å². The number of hydrogen-bond donors (Lipinski definition) is 3. The van der Waals surface area contributed by atoms with Crippen molar-refractivity contribution in [2.45, 2.75) is 46.1 Å². The van der Waals surface area contributed by atoms with E-state index in [0.717, 1.165) is 40.7 Å².